The Bertz CT molecular complexity index is 1090. The number of rotatable bonds is 1. The summed E-state index contributed by atoms with van der Waals surface area (Å²) in [6.07, 6.45) is 9.16. The van der Waals surface area contributed by atoms with E-state index in [4.69, 9.17) is 5.73 Å². The van der Waals surface area contributed by atoms with Gasteiger partial charge in [0.15, 0.2) is 0 Å². The molecule has 0 spiro atoms. The summed E-state index contributed by atoms with van der Waals surface area (Å²) in [7, 11) is 0. The van der Waals surface area contributed by atoms with Gasteiger partial charge in [0.05, 0.1) is 0 Å². The van der Waals surface area contributed by atoms with E-state index in [2.05, 4.69) is 80.6 Å². The van der Waals surface area contributed by atoms with Crippen LogP contribution in [-0.2, 0) is 5.41 Å². The van der Waals surface area contributed by atoms with Crippen LogP contribution in [0.3, 0.4) is 0 Å². The normalized spacial score (nSPS) is 22.4. The van der Waals surface area contributed by atoms with E-state index in [0.717, 1.165) is 11.3 Å². The van der Waals surface area contributed by atoms with E-state index in [1.807, 2.05) is 12.1 Å². The molecule has 0 saturated carbocycles. The third kappa shape index (κ3) is 1.97. The molecule has 5 rings (SSSR count). The highest BCUT2D eigenvalue weighted by Crippen LogP contribution is 2.54. The van der Waals surface area contributed by atoms with Crippen LogP contribution in [0.1, 0.15) is 32.3 Å². The zero-order valence-corrected chi connectivity index (χ0v) is 15.2. The minimum Gasteiger partial charge on any atom is -0.398 e. The van der Waals surface area contributed by atoms with Gasteiger partial charge in [-0.2, -0.15) is 0 Å². The number of para-hydroxylation sites is 1. The fraction of sp³-hybridized carbons (Fsp3) is 0.200. The fourth-order valence-electron chi connectivity index (χ4n) is 5.02. The van der Waals surface area contributed by atoms with Crippen molar-refractivity contribution >= 4 is 16.5 Å². The molecule has 0 fully saturated rings. The van der Waals surface area contributed by atoms with Gasteiger partial charge < -0.3 is 5.73 Å². The van der Waals surface area contributed by atoms with Gasteiger partial charge in [-0.1, -0.05) is 86.7 Å². The average Bonchev–Trinajstić information content (AvgIpc) is 2.66. The molecule has 0 bridgehead atoms. The van der Waals surface area contributed by atoms with E-state index in [0.29, 0.717) is 11.8 Å². The number of anilines is 1. The van der Waals surface area contributed by atoms with Gasteiger partial charge in [0.25, 0.3) is 0 Å². The molecular weight excluding hydrogens is 314 g/mol. The second-order valence-electron chi connectivity index (χ2n) is 8.06. The van der Waals surface area contributed by atoms with Crippen LogP contribution >= 0.6 is 0 Å². The van der Waals surface area contributed by atoms with Crippen molar-refractivity contribution in [2.75, 3.05) is 5.73 Å². The molecule has 0 aromatic heterocycles. The SMILES string of the molecule is CC1(C)c2cccc3ccc(-c4ccccc4N)c(c23)C2C=CC=CC21.[HH]. The van der Waals surface area contributed by atoms with Crippen LogP contribution in [0.4, 0.5) is 5.69 Å². The van der Waals surface area contributed by atoms with Crippen LogP contribution in [0.15, 0.2) is 78.9 Å². The Morgan fingerprint density at radius 3 is 2.50 bits per heavy atom. The number of fused-ring (bicyclic) bond motifs is 2. The Morgan fingerprint density at radius 2 is 1.65 bits per heavy atom. The molecule has 2 unspecified atom stereocenters. The molecule has 3 aromatic carbocycles. The zero-order chi connectivity index (χ0) is 17.9. The number of nitrogen functional groups attached to an aromatic ring is 1. The van der Waals surface area contributed by atoms with Crippen molar-refractivity contribution in [3.8, 4) is 11.1 Å². The van der Waals surface area contributed by atoms with Crippen LogP contribution in [0.2, 0.25) is 0 Å². The first kappa shape index (κ1) is 15.5. The van der Waals surface area contributed by atoms with Crippen LogP contribution in [-0.4, -0.2) is 0 Å². The van der Waals surface area contributed by atoms with E-state index >= 15 is 0 Å². The molecule has 0 aliphatic heterocycles. The van der Waals surface area contributed by atoms with Gasteiger partial charge in [-0.3, -0.25) is 0 Å². The molecule has 130 valence electrons. The van der Waals surface area contributed by atoms with Gasteiger partial charge in [-0.25, -0.2) is 0 Å². The molecule has 1 heteroatoms. The maximum absolute atomic E-state index is 6.37. The van der Waals surface area contributed by atoms with E-state index in [9.17, 15) is 0 Å². The maximum atomic E-state index is 6.37. The summed E-state index contributed by atoms with van der Waals surface area (Å²) >= 11 is 0. The van der Waals surface area contributed by atoms with Crippen LogP contribution in [0, 0.1) is 5.92 Å². The van der Waals surface area contributed by atoms with Crippen molar-refractivity contribution < 1.29 is 1.43 Å². The fourth-order valence-corrected chi connectivity index (χ4v) is 5.02. The minimum atomic E-state index is 0. The molecule has 0 radical (unpaired) electrons. The van der Waals surface area contributed by atoms with Crippen LogP contribution in [0.5, 0.6) is 0 Å². The molecule has 0 saturated heterocycles. The second kappa shape index (κ2) is 5.35. The standard InChI is InChI=1S/C25H23N.H2/c1-25(2)20-11-5-3-10-19(20)24-18(17-9-4-6-13-22(17)26)15-14-16-8-7-12-21(25)23(16)24;/h3-15,19-20H,26H2,1-2H3;1H. The largest absolute Gasteiger partial charge is 0.398 e. The van der Waals surface area contributed by atoms with Crippen molar-refractivity contribution in [3.63, 3.8) is 0 Å². The Labute approximate surface area is 156 Å². The van der Waals surface area contributed by atoms with E-state index < -0.39 is 0 Å². The van der Waals surface area contributed by atoms with Crippen LogP contribution < -0.4 is 5.73 Å². The average molecular weight is 339 g/mol. The van der Waals surface area contributed by atoms with Crippen molar-refractivity contribution in [3.05, 3.63) is 90.0 Å². The minimum absolute atomic E-state index is 0. The maximum Gasteiger partial charge on any atom is 0.0393 e. The molecule has 3 aromatic rings. The lowest BCUT2D eigenvalue weighted by Crippen LogP contribution is -2.36. The summed E-state index contributed by atoms with van der Waals surface area (Å²) in [6, 6.07) is 19.5. The summed E-state index contributed by atoms with van der Waals surface area (Å²) in [5.74, 6) is 0.833. The van der Waals surface area contributed by atoms with Crippen molar-refractivity contribution in [2.45, 2.75) is 25.2 Å². The molecule has 0 amide bonds. The Balaban J connectivity index is 0.00000180. The molecule has 2 atom stereocenters. The van der Waals surface area contributed by atoms with Gasteiger partial charge in [-0.15, -0.1) is 0 Å². The van der Waals surface area contributed by atoms with Gasteiger partial charge >= 0.3 is 0 Å². The highest BCUT2D eigenvalue weighted by molar-refractivity contribution is 5.98. The lowest BCUT2D eigenvalue weighted by molar-refractivity contribution is 0.346. The quantitative estimate of drug-likeness (QED) is 0.506. The number of nitrogens with two attached hydrogens (primary N) is 1. The first-order valence-electron chi connectivity index (χ1n) is 9.35. The van der Waals surface area contributed by atoms with Crippen molar-refractivity contribution in [1.82, 2.24) is 0 Å². The first-order chi connectivity index (χ1) is 12.6. The summed E-state index contributed by atoms with van der Waals surface area (Å²) in [5.41, 5.74) is 12.6. The molecule has 26 heavy (non-hydrogen) atoms. The lowest BCUT2D eigenvalue weighted by atomic mass is 9.58. The Kier molecular flexibility index (Phi) is 3.18. The summed E-state index contributed by atoms with van der Waals surface area (Å²) in [4.78, 5) is 0. The zero-order valence-electron chi connectivity index (χ0n) is 15.2. The van der Waals surface area contributed by atoms with Gasteiger partial charge in [-0.05, 0) is 44.9 Å². The summed E-state index contributed by atoms with van der Waals surface area (Å²) < 4.78 is 0. The lowest BCUT2D eigenvalue weighted by Gasteiger charge is -2.45. The molecule has 0 heterocycles. The summed E-state index contributed by atoms with van der Waals surface area (Å²) in [5, 5.41) is 2.74. The predicted octanol–water partition coefficient (Wildman–Crippen LogP) is 6.45. The smallest absolute Gasteiger partial charge is 0.0393 e. The Hall–Kier alpha value is -2.80. The highest BCUT2D eigenvalue weighted by atomic mass is 14.6. The third-order valence-electron chi connectivity index (χ3n) is 6.33. The molecule has 2 aliphatic carbocycles. The molecular formula is C25H25N. The third-order valence-corrected chi connectivity index (χ3v) is 6.33. The number of allylic oxidation sites excluding steroid dienone is 4. The van der Waals surface area contributed by atoms with Gasteiger partial charge in [0, 0.05) is 18.6 Å². The summed E-state index contributed by atoms with van der Waals surface area (Å²) in [6.45, 7) is 4.77. The number of hydrogen-bond donors (Lipinski definition) is 1. The van der Waals surface area contributed by atoms with E-state index in [-0.39, 0.29) is 6.84 Å². The van der Waals surface area contributed by atoms with Gasteiger partial charge in [0.2, 0.25) is 0 Å². The predicted molar refractivity (Wildman–Crippen MR) is 113 cm³/mol. The topological polar surface area (TPSA) is 26.0 Å². The molecule has 2 aliphatic rings. The number of hydrogen-bond acceptors (Lipinski definition) is 1. The Morgan fingerprint density at radius 1 is 0.846 bits per heavy atom. The van der Waals surface area contributed by atoms with E-state index in [1.54, 1.807) is 0 Å². The number of benzene rings is 3. The molecule has 2 N–H and O–H groups in total. The first-order valence-corrected chi connectivity index (χ1v) is 9.35. The van der Waals surface area contributed by atoms with Gasteiger partial charge in [0.1, 0.15) is 0 Å². The monoisotopic (exact) mass is 339 g/mol. The van der Waals surface area contributed by atoms with Crippen LogP contribution in [0.25, 0.3) is 21.9 Å². The van der Waals surface area contributed by atoms with E-state index in [1.165, 1.54) is 27.5 Å². The second-order valence-corrected chi connectivity index (χ2v) is 8.06. The molecule has 1 nitrogen and oxygen atoms in total. The highest BCUT2D eigenvalue weighted by Gasteiger charge is 2.42. The van der Waals surface area contributed by atoms with Crippen molar-refractivity contribution in [1.29, 1.82) is 0 Å². The van der Waals surface area contributed by atoms with Crippen molar-refractivity contribution in [2.24, 2.45) is 5.92 Å².